The minimum Gasteiger partial charge on any atom is -0.347 e. The van der Waals surface area contributed by atoms with Gasteiger partial charge in [-0.3, -0.25) is 4.79 Å². The first kappa shape index (κ1) is 20.5. The minimum atomic E-state index is -4.68. The predicted octanol–water partition coefficient (Wildman–Crippen LogP) is 4.57. The van der Waals surface area contributed by atoms with Crippen LogP contribution in [-0.2, 0) is 19.3 Å². The summed E-state index contributed by atoms with van der Waals surface area (Å²) in [6.07, 6.45) is -3.23. The van der Waals surface area contributed by atoms with Crippen LogP contribution >= 0.6 is 0 Å². The van der Waals surface area contributed by atoms with Gasteiger partial charge in [0, 0.05) is 6.54 Å². The van der Waals surface area contributed by atoms with Gasteiger partial charge in [-0.25, -0.2) is 9.07 Å². The molecule has 4 rings (SSSR count). The second kappa shape index (κ2) is 8.17. The van der Waals surface area contributed by atoms with Crippen molar-refractivity contribution in [2.24, 2.45) is 0 Å². The minimum absolute atomic E-state index is 0.00712. The molecule has 0 saturated carbocycles. The van der Waals surface area contributed by atoms with Gasteiger partial charge < -0.3 is 5.32 Å². The molecule has 5 nitrogen and oxygen atoms in total. The summed E-state index contributed by atoms with van der Waals surface area (Å²) in [5.74, 6) is -1.65. The van der Waals surface area contributed by atoms with Gasteiger partial charge in [0.1, 0.15) is 5.82 Å². The molecular formula is C22H16F4N4O. The number of hydrogen-bond donors (Lipinski definition) is 1. The Morgan fingerprint density at radius 2 is 1.81 bits per heavy atom. The molecule has 31 heavy (non-hydrogen) atoms. The van der Waals surface area contributed by atoms with E-state index in [9.17, 15) is 22.4 Å². The number of nitrogens with zero attached hydrogens (tertiary/aromatic N) is 3. The van der Waals surface area contributed by atoms with Crippen molar-refractivity contribution in [3.8, 4) is 0 Å². The molecule has 1 N–H and O–H groups in total. The molecule has 0 spiro atoms. The summed E-state index contributed by atoms with van der Waals surface area (Å²) >= 11 is 0. The average molecular weight is 428 g/mol. The Kier molecular flexibility index (Phi) is 5.41. The Labute approximate surface area is 174 Å². The third-order valence-electron chi connectivity index (χ3n) is 4.72. The van der Waals surface area contributed by atoms with Crippen molar-refractivity contribution in [3.63, 3.8) is 0 Å². The largest absolute Gasteiger partial charge is 0.416 e. The fraction of sp³-hybridized carbons (Fsp3) is 0.136. The smallest absolute Gasteiger partial charge is 0.347 e. The van der Waals surface area contributed by atoms with Crippen LogP contribution in [0.1, 0.15) is 27.2 Å². The maximum absolute atomic E-state index is 13.5. The average Bonchev–Trinajstić information content (AvgIpc) is 3.20. The Balaban J connectivity index is 1.45. The van der Waals surface area contributed by atoms with Gasteiger partial charge in [-0.05, 0) is 40.1 Å². The number of carbonyl (C=O) groups excluding carboxylic acids is 1. The van der Waals surface area contributed by atoms with Crippen LogP contribution in [0, 0.1) is 5.82 Å². The van der Waals surface area contributed by atoms with Crippen molar-refractivity contribution < 1.29 is 22.4 Å². The maximum atomic E-state index is 13.5. The molecule has 0 radical (unpaired) electrons. The van der Waals surface area contributed by atoms with E-state index in [1.807, 2.05) is 42.5 Å². The van der Waals surface area contributed by atoms with Gasteiger partial charge in [0.2, 0.25) is 0 Å². The quantitative estimate of drug-likeness (QED) is 0.474. The number of aromatic nitrogens is 3. The number of rotatable bonds is 5. The van der Waals surface area contributed by atoms with E-state index in [1.165, 1.54) is 10.9 Å². The number of nitrogens with one attached hydrogen (secondary N) is 1. The maximum Gasteiger partial charge on any atom is 0.416 e. The first-order valence-electron chi connectivity index (χ1n) is 9.31. The van der Waals surface area contributed by atoms with Crippen LogP contribution in [0.4, 0.5) is 17.6 Å². The van der Waals surface area contributed by atoms with Crippen LogP contribution in [0.2, 0.25) is 0 Å². The molecule has 1 amide bonds. The number of hydrogen-bond acceptors (Lipinski definition) is 3. The van der Waals surface area contributed by atoms with E-state index in [4.69, 9.17) is 0 Å². The fourth-order valence-electron chi connectivity index (χ4n) is 3.27. The van der Waals surface area contributed by atoms with Gasteiger partial charge in [0.15, 0.2) is 5.69 Å². The van der Waals surface area contributed by atoms with Gasteiger partial charge >= 0.3 is 6.18 Å². The second-order valence-corrected chi connectivity index (χ2v) is 6.97. The van der Waals surface area contributed by atoms with E-state index in [0.29, 0.717) is 12.6 Å². The van der Waals surface area contributed by atoms with E-state index < -0.39 is 23.5 Å². The first-order chi connectivity index (χ1) is 14.8. The highest BCUT2D eigenvalue weighted by Gasteiger charge is 2.31. The molecule has 0 aliphatic heterocycles. The number of benzene rings is 3. The molecule has 0 fully saturated rings. The monoisotopic (exact) mass is 428 g/mol. The summed E-state index contributed by atoms with van der Waals surface area (Å²) in [5.41, 5.74) is -0.122. The summed E-state index contributed by atoms with van der Waals surface area (Å²) in [7, 11) is 0. The molecule has 9 heteroatoms. The first-order valence-corrected chi connectivity index (χ1v) is 9.31. The lowest BCUT2D eigenvalue weighted by atomic mass is 10.0. The molecule has 0 aliphatic rings. The number of amides is 1. The van der Waals surface area contributed by atoms with E-state index >= 15 is 0 Å². The van der Waals surface area contributed by atoms with Crippen LogP contribution in [0.25, 0.3) is 10.8 Å². The summed E-state index contributed by atoms with van der Waals surface area (Å²) < 4.78 is 53.4. The summed E-state index contributed by atoms with van der Waals surface area (Å²) in [5, 5.41) is 12.3. The zero-order chi connectivity index (χ0) is 22.0. The number of halogens is 4. The molecule has 0 unspecified atom stereocenters. The van der Waals surface area contributed by atoms with Crippen LogP contribution in [-0.4, -0.2) is 20.9 Å². The highest BCUT2D eigenvalue weighted by atomic mass is 19.4. The second-order valence-electron chi connectivity index (χ2n) is 6.97. The third-order valence-corrected chi connectivity index (χ3v) is 4.72. The zero-order valence-corrected chi connectivity index (χ0v) is 16.0. The molecule has 3 aromatic carbocycles. The lowest BCUT2D eigenvalue weighted by Crippen LogP contribution is -2.23. The molecule has 0 saturated heterocycles. The van der Waals surface area contributed by atoms with Crippen molar-refractivity contribution >= 4 is 16.7 Å². The van der Waals surface area contributed by atoms with E-state index in [1.54, 1.807) is 0 Å². The van der Waals surface area contributed by atoms with Crippen LogP contribution in [0.15, 0.2) is 66.9 Å². The van der Waals surface area contributed by atoms with E-state index in [-0.39, 0.29) is 17.8 Å². The standard InChI is InChI=1S/C22H16F4N4O/c23-18-9-14(8-17(10-18)22(24,25)26)11-27-21(31)20-13-30(29-28-20)12-16-6-3-5-15-4-1-2-7-19(15)16/h1-10,13H,11-12H2,(H,27,31). The lowest BCUT2D eigenvalue weighted by Gasteiger charge is -2.10. The highest BCUT2D eigenvalue weighted by molar-refractivity contribution is 5.91. The molecule has 158 valence electrons. The van der Waals surface area contributed by atoms with Gasteiger partial charge in [-0.2, -0.15) is 13.2 Å². The van der Waals surface area contributed by atoms with Crippen LogP contribution in [0.5, 0.6) is 0 Å². The number of carbonyl (C=O) groups is 1. The van der Waals surface area contributed by atoms with Crippen molar-refractivity contribution in [2.45, 2.75) is 19.3 Å². The van der Waals surface area contributed by atoms with Gasteiger partial charge in [-0.1, -0.05) is 47.7 Å². The van der Waals surface area contributed by atoms with Gasteiger partial charge in [0.25, 0.3) is 5.91 Å². The molecule has 0 aliphatic carbocycles. The zero-order valence-electron chi connectivity index (χ0n) is 16.0. The van der Waals surface area contributed by atoms with E-state index in [0.717, 1.165) is 28.5 Å². The van der Waals surface area contributed by atoms with Crippen molar-refractivity contribution in [3.05, 3.63) is 95.1 Å². The third kappa shape index (κ3) is 4.71. The van der Waals surface area contributed by atoms with Crippen LogP contribution < -0.4 is 5.32 Å². The van der Waals surface area contributed by atoms with Gasteiger partial charge in [-0.15, -0.1) is 5.10 Å². The Morgan fingerprint density at radius 1 is 1.03 bits per heavy atom. The number of fused-ring (bicyclic) bond motifs is 1. The molecule has 0 atom stereocenters. The summed E-state index contributed by atoms with van der Waals surface area (Å²) in [6, 6.07) is 15.9. The van der Waals surface area contributed by atoms with Crippen LogP contribution in [0.3, 0.4) is 0 Å². The summed E-state index contributed by atoms with van der Waals surface area (Å²) in [6.45, 7) is 0.107. The molecule has 0 bridgehead atoms. The molecular weight excluding hydrogens is 412 g/mol. The molecule has 1 heterocycles. The molecule has 1 aromatic heterocycles. The van der Waals surface area contributed by atoms with Crippen molar-refractivity contribution in [1.82, 2.24) is 20.3 Å². The molecule has 4 aromatic rings. The van der Waals surface area contributed by atoms with Crippen molar-refractivity contribution in [2.75, 3.05) is 0 Å². The predicted molar refractivity (Wildman–Crippen MR) is 106 cm³/mol. The van der Waals surface area contributed by atoms with Gasteiger partial charge in [0.05, 0.1) is 18.3 Å². The Morgan fingerprint density at radius 3 is 2.61 bits per heavy atom. The van der Waals surface area contributed by atoms with E-state index in [2.05, 4.69) is 15.6 Å². The Hall–Kier alpha value is -3.75. The lowest BCUT2D eigenvalue weighted by molar-refractivity contribution is -0.137. The Bertz CT molecular complexity index is 1240. The fourth-order valence-corrected chi connectivity index (χ4v) is 3.27. The highest BCUT2D eigenvalue weighted by Crippen LogP contribution is 2.30. The SMILES string of the molecule is O=C(NCc1cc(F)cc(C(F)(F)F)c1)c1cn(Cc2cccc3ccccc23)nn1. The normalized spacial score (nSPS) is 11.6. The topological polar surface area (TPSA) is 59.8 Å². The number of alkyl halides is 3. The van der Waals surface area contributed by atoms with Crippen molar-refractivity contribution in [1.29, 1.82) is 0 Å². The summed E-state index contributed by atoms with van der Waals surface area (Å²) in [4.78, 5) is 12.3.